The molecule has 0 spiro atoms. The zero-order valence-electron chi connectivity index (χ0n) is 43.9. The minimum atomic E-state index is -5.06. The molecule has 0 aromatic rings. The molecule has 0 saturated heterocycles. The summed E-state index contributed by atoms with van der Waals surface area (Å²) in [5.41, 5.74) is 0. The van der Waals surface area contributed by atoms with Crippen molar-refractivity contribution < 1.29 is 53.9 Å². The number of carbonyl (C=O) groups excluding carboxylic acids is 1. The van der Waals surface area contributed by atoms with Gasteiger partial charge in [0.2, 0.25) is 5.91 Å². The van der Waals surface area contributed by atoms with Crippen molar-refractivity contribution in [2.45, 2.75) is 339 Å². The Labute approximate surface area is 416 Å². The second kappa shape index (κ2) is 45.0. The fourth-order valence-corrected chi connectivity index (χ4v) is 10.7. The second-order valence-corrected chi connectivity index (χ2v) is 22.3. The van der Waals surface area contributed by atoms with Crippen molar-refractivity contribution >= 4 is 13.7 Å². The van der Waals surface area contributed by atoms with Crippen molar-refractivity contribution in [3.63, 3.8) is 0 Å². The van der Waals surface area contributed by atoms with E-state index >= 15 is 0 Å². The lowest BCUT2D eigenvalue weighted by Crippen LogP contribution is -2.64. The van der Waals surface area contributed by atoms with Gasteiger partial charge in [0, 0.05) is 6.42 Å². The van der Waals surface area contributed by atoms with E-state index in [1.165, 1.54) is 212 Å². The first-order valence-electron chi connectivity index (χ1n) is 29.0. The van der Waals surface area contributed by atoms with Gasteiger partial charge in [-0.15, -0.1) is 0 Å². The fourth-order valence-electron chi connectivity index (χ4n) is 9.74. The fraction of sp³-hybridized carbons (Fsp3) is 0.982. The molecule has 1 rings (SSSR count). The Bertz CT molecular complexity index is 1150. The van der Waals surface area contributed by atoms with Crippen molar-refractivity contribution in [1.82, 2.24) is 5.32 Å². The molecule has 0 radical (unpaired) electrons. The van der Waals surface area contributed by atoms with E-state index in [-0.39, 0.29) is 12.3 Å². The standard InChI is InChI=1S/C55H110NO11P/c1-3-5-7-9-11-13-15-17-18-19-20-21-22-23-24-25-26-27-28-29-30-31-33-35-37-39-41-43-45-49(58)56-47(48(57)44-42-40-38-36-34-32-16-14-12-10-8-6-4-2)46-66-68(64,65)67-55-53(62)51(60)50(59)52(61)54(55)63/h47-48,50-55,57,59-63H,3-46H2,1-2H3,(H,56,58)(H,64,65)/t47-,48+,50?,51+,52?,53?,54?,55?/m0/s1. The molecule has 0 aromatic carbocycles. The van der Waals surface area contributed by atoms with Gasteiger partial charge in [0.25, 0.3) is 0 Å². The normalized spacial score (nSPS) is 21.5. The average molecular weight is 992 g/mol. The highest BCUT2D eigenvalue weighted by Crippen LogP contribution is 2.47. The molecule has 68 heavy (non-hydrogen) atoms. The predicted molar refractivity (Wildman–Crippen MR) is 279 cm³/mol. The minimum absolute atomic E-state index is 0.243. The zero-order valence-corrected chi connectivity index (χ0v) is 44.8. The van der Waals surface area contributed by atoms with Crippen LogP contribution >= 0.6 is 7.82 Å². The van der Waals surface area contributed by atoms with E-state index < -0.39 is 63.2 Å². The Morgan fingerprint density at radius 1 is 0.441 bits per heavy atom. The van der Waals surface area contributed by atoms with Crippen LogP contribution in [-0.2, 0) is 18.4 Å². The Morgan fingerprint density at radius 3 is 1.01 bits per heavy atom. The van der Waals surface area contributed by atoms with Crippen LogP contribution in [-0.4, -0.2) is 96.8 Å². The number of hydrogen-bond donors (Lipinski definition) is 8. The van der Waals surface area contributed by atoms with Crippen LogP contribution in [0.5, 0.6) is 0 Å². The maximum atomic E-state index is 13.0. The summed E-state index contributed by atoms with van der Waals surface area (Å²) in [6, 6.07) is -1.03. The number of aliphatic hydroxyl groups excluding tert-OH is 6. The number of phosphoric ester groups is 1. The van der Waals surface area contributed by atoms with Crippen LogP contribution in [0.4, 0.5) is 0 Å². The molecule has 0 bridgehead atoms. The van der Waals surface area contributed by atoms with Crippen LogP contribution in [0, 0.1) is 0 Å². The molecule has 13 heteroatoms. The zero-order chi connectivity index (χ0) is 49.9. The lowest BCUT2D eigenvalue weighted by Gasteiger charge is -2.41. The molecule has 1 fully saturated rings. The third-order valence-electron chi connectivity index (χ3n) is 14.4. The minimum Gasteiger partial charge on any atom is -0.391 e. The Morgan fingerprint density at radius 2 is 0.706 bits per heavy atom. The lowest BCUT2D eigenvalue weighted by molar-refractivity contribution is -0.220. The van der Waals surface area contributed by atoms with Gasteiger partial charge in [-0.05, 0) is 12.8 Å². The van der Waals surface area contributed by atoms with Gasteiger partial charge >= 0.3 is 7.82 Å². The van der Waals surface area contributed by atoms with E-state index in [4.69, 9.17) is 9.05 Å². The van der Waals surface area contributed by atoms with Gasteiger partial charge in [-0.3, -0.25) is 13.8 Å². The summed E-state index contributed by atoms with van der Waals surface area (Å²) in [5.74, 6) is -0.301. The topological polar surface area (TPSA) is 206 Å². The van der Waals surface area contributed by atoms with Gasteiger partial charge in [-0.25, -0.2) is 4.57 Å². The van der Waals surface area contributed by atoms with Gasteiger partial charge in [0.15, 0.2) is 0 Å². The van der Waals surface area contributed by atoms with E-state index in [1.54, 1.807) is 0 Å². The molecule has 1 amide bonds. The third-order valence-corrected chi connectivity index (χ3v) is 15.4. The summed E-state index contributed by atoms with van der Waals surface area (Å²) in [6.45, 7) is 3.93. The van der Waals surface area contributed by atoms with Crippen LogP contribution in [0.2, 0.25) is 0 Å². The van der Waals surface area contributed by atoms with Gasteiger partial charge in [-0.2, -0.15) is 0 Å². The number of unbranched alkanes of at least 4 members (excludes halogenated alkanes) is 39. The molecule has 1 aliphatic rings. The summed E-state index contributed by atoms with van der Waals surface area (Å²) in [6.07, 6.45) is 40.1. The molecule has 1 saturated carbocycles. The van der Waals surface area contributed by atoms with Crippen molar-refractivity contribution in [2.24, 2.45) is 0 Å². The molecule has 8 N–H and O–H groups in total. The molecular formula is C55H110NO11P. The molecule has 0 aliphatic heterocycles. The number of nitrogens with one attached hydrogen (secondary N) is 1. The van der Waals surface area contributed by atoms with E-state index in [1.807, 2.05) is 0 Å². The number of amides is 1. The molecule has 6 unspecified atom stereocenters. The molecule has 1 aliphatic carbocycles. The maximum Gasteiger partial charge on any atom is 0.472 e. The highest BCUT2D eigenvalue weighted by Gasteiger charge is 2.51. The molecule has 406 valence electrons. The highest BCUT2D eigenvalue weighted by molar-refractivity contribution is 7.47. The molecule has 12 nitrogen and oxygen atoms in total. The van der Waals surface area contributed by atoms with E-state index in [2.05, 4.69) is 19.2 Å². The maximum absolute atomic E-state index is 13.0. The number of phosphoric acid groups is 1. The Hall–Kier alpha value is -0.660. The lowest BCUT2D eigenvalue weighted by atomic mass is 9.85. The third kappa shape index (κ3) is 35.5. The van der Waals surface area contributed by atoms with Gasteiger partial charge in [-0.1, -0.05) is 271 Å². The second-order valence-electron chi connectivity index (χ2n) is 20.9. The van der Waals surface area contributed by atoms with Crippen LogP contribution in [0.3, 0.4) is 0 Å². The number of aliphatic hydroxyl groups is 6. The van der Waals surface area contributed by atoms with E-state index in [0.29, 0.717) is 19.3 Å². The van der Waals surface area contributed by atoms with Crippen LogP contribution in [0.25, 0.3) is 0 Å². The monoisotopic (exact) mass is 992 g/mol. The molecular weight excluding hydrogens is 882 g/mol. The first kappa shape index (κ1) is 65.4. The highest BCUT2D eigenvalue weighted by atomic mass is 31.2. The Kier molecular flexibility index (Phi) is 43.2. The molecule has 0 heterocycles. The summed E-state index contributed by atoms with van der Waals surface area (Å²) in [7, 11) is -5.06. The van der Waals surface area contributed by atoms with E-state index in [0.717, 1.165) is 38.5 Å². The number of carbonyl (C=O) groups is 1. The van der Waals surface area contributed by atoms with Crippen molar-refractivity contribution in [2.75, 3.05) is 6.61 Å². The molecule has 0 aromatic heterocycles. The largest absolute Gasteiger partial charge is 0.472 e. The summed E-state index contributed by atoms with van der Waals surface area (Å²) in [4.78, 5) is 23.5. The van der Waals surface area contributed by atoms with Crippen molar-refractivity contribution in [3.05, 3.63) is 0 Å². The molecule has 9 atom stereocenters. The Balaban J connectivity index is 2.24. The summed E-state index contributed by atoms with van der Waals surface area (Å²) < 4.78 is 23.1. The SMILES string of the molecule is CCCCCCCCCCCCCCCCCCCCCCCCCCCCCCC(=O)N[C@@H](COP(=O)(O)OC1C(O)C(O)C(O)[C@@H](O)C1O)[C@H](O)CCCCCCCCCCCCCCC. The smallest absolute Gasteiger partial charge is 0.391 e. The van der Waals surface area contributed by atoms with Crippen molar-refractivity contribution in [1.29, 1.82) is 0 Å². The number of hydrogen-bond acceptors (Lipinski definition) is 10. The average Bonchev–Trinajstić information content (AvgIpc) is 3.32. The van der Waals surface area contributed by atoms with Gasteiger partial charge in [0.1, 0.15) is 36.6 Å². The summed E-state index contributed by atoms with van der Waals surface area (Å²) >= 11 is 0. The van der Waals surface area contributed by atoms with E-state index in [9.17, 15) is 44.9 Å². The predicted octanol–water partition coefficient (Wildman–Crippen LogP) is 13.0. The first-order chi connectivity index (χ1) is 32.9. The quantitative estimate of drug-likeness (QED) is 0.0213. The van der Waals surface area contributed by atoms with Crippen LogP contribution < -0.4 is 5.32 Å². The van der Waals surface area contributed by atoms with Crippen LogP contribution in [0.1, 0.15) is 290 Å². The van der Waals surface area contributed by atoms with Crippen molar-refractivity contribution in [3.8, 4) is 0 Å². The van der Waals surface area contributed by atoms with Gasteiger partial charge < -0.3 is 40.8 Å². The first-order valence-corrected chi connectivity index (χ1v) is 30.5. The number of rotatable bonds is 50. The summed E-state index contributed by atoms with van der Waals surface area (Å²) in [5, 5.41) is 64.4. The van der Waals surface area contributed by atoms with Crippen LogP contribution in [0.15, 0.2) is 0 Å². The van der Waals surface area contributed by atoms with Gasteiger partial charge in [0.05, 0.1) is 18.8 Å².